The van der Waals surface area contributed by atoms with Crippen LogP contribution >= 0.6 is 34.8 Å². The second-order valence-corrected chi connectivity index (χ2v) is 5.47. The highest BCUT2D eigenvalue weighted by Gasteiger charge is 2.67. The van der Waals surface area contributed by atoms with Crippen LogP contribution in [0.1, 0.15) is 11.5 Å². The molecule has 5 heteroatoms. The van der Waals surface area contributed by atoms with E-state index in [0.717, 1.165) is 5.56 Å². The monoisotopic (exact) mass is 263 g/mol. The molecule has 1 aromatic rings. The molecule has 15 heavy (non-hydrogen) atoms. The van der Waals surface area contributed by atoms with E-state index >= 15 is 0 Å². The van der Waals surface area contributed by atoms with Crippen LogP contribution in [0.5, 0.6) is 0 Å². The number of alkyl halides is 2. The summed E-state index contributed by atoms with van der Waals surface area (Å²) in [7, 11) is 0. The van der Waals surface area contributed by atoms with Gasteiger partial charge in [0.25, 0.3) is 0 Å². The average molecular weight is 265 g/mol. The SMILES string of the molecule is NC(=O)C1C(c2cccc(Cl)c2)C1(Cl)Cl. The Labute approximate surface area is 102 Å². The first-order valence-electron chi connectivity index (χ1n) is 4.37. The van der Waals surface area contributed by atoms with Crippen LogP contribution in [0.2, 0.25) is 5.02 Å². The van der Waals surface area contributed by atoms with Crippen molar-refractivity contribution in [3.8, 4) is 0 Å². The molecule has 2 rings (SSSR count). The summed E-state index contributed by atoms with van der Waals surface area (Å²) in [5, 5.41) is 0.590. The van der Waals surface area contributed by atoms with Crippen molar-refractivity contribution in [2.24, 2.45) is 11.7 Å². The third-order valence-corrected chi connectivity index (χ3v) is 3.74. The summed E-state index contributed by atoms with van der Waals surface area (Å²) in [6.07, 6.45) is 0. The topological polar surface area (TPSA) is 43.1 Å². The Bertz CT molecular complexity index is 419. The number of hydrogen-bond donors (Lipinski definition) is 1. The van der Waals surface area contributed by atoms with E-state index in [4.69, 9.17) is 40.5 Å². The molecule has 0 radical (unpaired) electrons. The summed E-state index contributed by atoms with van der Waals surface area (Å²) in [5.41, 5.74) is 6.04. The van der Waals surface area contributed by atoms with Crippen molar-refractivity contribution in [3.05, 3.63) is 34.9 Å². The molecule has 2 atom stereocenters. The van der Waals surface area contributed by atoms with E-state index in [0.29, 0.717) is 5.02 Å². The summed E-state index contributed by atoms with van der Waals surface area (Å²) in [6.45, 7) is 0. The van der Waals surface area contributed by atoms with Gasteiger partial charge in [0.15, 0.2) is 0 Å². The maximum absolute atomic E-state index is 11.1. The minimum absolute atomic E-state index is 0.253. The van der Waals surface area contributed by atoms with E-state index in [-0.39, 0.29) is 5.92 Å². The number of hydrogen-bond acceptors (Lipinski definition) is 1. The highest BCUT2D eigenvalue weighted by Crippen LogP contribution is 2.64. The minimum Gasteiger partial charge on any atom is -0.369 e. The Morgan fingerprint density at radius 1 is 1.40 bits per heavy atom. The molecule has 1 saturated carbocycles. The van der Waals surface area contributed by atoms with Gasteiger partial charge in [-0.2, -0.15) is 0 Å². The predicted octanol–water partition coefficient (Wildman–Crippen LogP) is 2.71. The fourth-order valence-electron chi connectivity index (χ4n) is 1.80. The van der Waals surface area contributed by atoms with Gasteiger partial charge in [-0.1, -0.05) is 23.7 Å². The van der Waals surface area contributed by atoms with E-state index < -0.39 is 16.2 Å². The largest absolute Gasteiger partial charge is 0.369 e. The predicted molar refractivity (Wildman–Crippen MR) is 61.3 cm³/mol. The van der Waals surface area contributed by atoms with Crippen molar-refractivity contribution in [3.63, 3.8) is 0 Å². The third kappa shape index (κ3) is 1.82. The molecule has 1 aliphatic carbocycles. The van der Waals surface area contributed by atoms with E-state index in [9.17, 15) is 4.79 Å². The molecule has 0 aliphatic heterocycles. The molecule has 80 valence electrons. The van der Waals surface area contributed by atoms with E-state index in [1.54, 1.807) is 18.2 Å². The van der Waals surface area contributed by atoms with Gasteiger partial charge in [-0.05, 0) is 17.7 Å². The van der Waals surface area contributed by atoms with Gasteiger partial charge in [0, 0.05) is 10.9 Å². The molecule has 0 aromatic heterocycles. The van der Waals surface area contributed by atoms with Crippen LogP contribution in [0.3, 0.4) is 0 Å². The molecule has 2 unspecified atom stereocenters. The van der Waals surface area contributed by atoms with Gasteiger partial charge in [-0.15, -0.1) is 23.2 Å². The van der Waals surface area contributed by atoms with Crippen LogP contribution in [-0.4, -0.2) is 10.2 Å². The summed E-state index contributed by atoms with van der Waals surface area (Å²) in [5.74, 6) is -1.26. The van der Waals surface area contributed by atoms with Crippen LogP contribution < -0.4 is 5.73 Å². The zero-order chi connectivity index (χ0) is 11.2. The summed E-state index contributed by atoms with van der Waals surface area (Å²) < 4.78 is -1.09. The first-order chi connectivity index (χ1) is 6.94. The zero-order valence-corrected chi connectivity index (χ0v) is 9.85. The summed E-state index contributed by atoms with van der Waals surface area (Å²) >= 11 is 17.8. The van der Waals surface area contributed by atoms with Crippen LogP contribution in [0.25, 0.3) is 0 Å². The Morgan fingerprint density at radius 2 is 2.07 bits per heavy atom. The molecular formula is C10H8Cl3NO. The number of rotatable bonds is 2. The Hall–Kier alpha value is -0.440. The number of primary amides is 1. The third-order valence-electron chi connectivity index (χ3n) is 2.57. The van der Waals surface area contributed by atoms with Crippen molar-refractivity contribution in [1.82, 2.24) is 0 Å². The molecule has 0 saturated heterocycles. The van der Waals surface area contributed by atoms with Crippen LogP contribution in [0.15, 0.2) is 24.3 Å². The minimum atomic E-state index is -1.09. The summed E-state index contributed by atoms with van der Waals surface area (Å²) in [4.78, 5) is 11.1. The smallest absolute Gasteiger partial charge is 0.224 e. The van der Waals surface area contributed by atoms with Crippen LogP contribution in [-0.2, 0) is 4.79 Å². The molecule has 1 aliphatic rings. The van der Waals surface area contributed by atoms with Crippen molar-refractivity contribution in [2.45, 2.75) is 10.3 Å². The van der Waals surface area contributed by atoms with Gasteiger partial charge >= 0.3 is 0 Å². The second-order valence-electron chi connectivity index (χ2n) is 3.59. The quantitative estimate of drug-likeness (QED) is 0.820. The first-order valence-corrected chi connectivity index (χ1v) is 5.50. The van der Waals surface area contributed by atoms with Crippen LogP contribution in [0, 0.1) is 5.92 Å². The van der Waals surface area contributed by atoms with Gasteiger partial charge in [0.1, 0.15) is 4.33 Å². The lowest BCUT2D eigenvalue weighted by Crippen LogP contribution is -2.16. The Kier molecular flexibility index (Phi) is 2.61. The van der Waals surface area contributed by atoms with E-state index in [1.807, 2.05) is 6.07 Å². The average Bonchev–Trinajstić information content (AvgIpc) is 2.69. The fourth-order valence-corrected chi connectivity index (χ4v) is 2.84. The molecule has 2 N–H and O–H groups in total. The molecule has 0 spiro atoms. The lowest BCUT2D eigenvalue weighted by Gasteiger charge is -1.99. The zero-order valence-electron chi connectivity index (χ0n) is 7.58. The van der Waals surface area contributed by atoms with Gasteiger partial charge in [-0.25, -0.2) is 0 Å². The molecule has 0 bridgehead atoms. The van der Waals surface area contributed by atoms with E-state index in [1.165, 1.54) is 0 Å². The van der Waals surface area contributed by atoms with E-state index in [2.05, 4.69) is 0 Å². The van der Waals surface area contributed by atoms with Gasteiger partial charge in [-0.3, -0.25) is 4.79 Å². The highest BCUT2D eigenvalue weighted by molar-refractivity contribution is 6.53. The molecular weight excluding hydrogens is 256 g/mol. The number of carbonyl (C=O) groups excluding carboxylic acids is 1. The normalized spacial score (nSPS) is 27.4. The summed E-state index contributed by atoms with van der Waals surface area (Å²) in [6, 6.07) is 7.11. The second kappa shape index (κ2) is 3.55. The maximum Gasteiger partial charge on any atom is 0.224 e. The standard InChI is InChI=1S/C10H8Cl3NO/c11-6-3-1-2-5(4-6)7-8(9(14)15)10(7,12)13/h1-4,7-8H,(H2,14,15). The molecule has 1 fully saturated rings. The highest BCUT2D eigenvalue weighted by atomic mass is 35.5. The van der Waals surface area contributed by atoms with Gasteiger partial charge < -0.3 is 5.73 Å². The number of halogens is 3. The van der Waals surface area contributed by atoms with Crippen molar-refractivity contribution >= 4 is 40.7 Å². The van der Waals surface area contributed by atoms with Crippen LogP contribution in [0.4, 0.5) is 0 Å². The fraction of sp³-hybridized carbons (Fsp3) is 0.300. The van der Waals surface area contributed by atoms with Gasteiger partial charge in [0.2, 0.25) is 5.91 Å². The number of carbonyl (C=O) groups is 1. The lowest BCUT2D eigenvalue weighted by molar-refractivity contribution is -0.119. The molecule has 2 nitrogen and oxygen atoms in total. The molecule has 0 heterocycles. The lowest BCUT2D eigenvalue weighted by atomic mass is 10.1. The molecule has 1 aromatic carbocycles. The van der Waals surface area contributed by atoms with Crippen molar-refractivity contribution < 1.29 is 4.79 Å². The number of benzene rings is 1. The Balaban J connectivity index is 2.31. The maximum atomic E-state index is 11.1. The van der Waals surface area contributed by atoms with Gasteiger partial charge in [0.05, 0.1) is 5.92 Å². The first kappa shape index (κ1) is 11.1. The van der Waals surface area contributed by atoms with Crippen molar-refractivity contribution in [1.29, 1.82) is 0 Å². The molecule has 1 amide bonds. The Morgan fingerprint density at radius 3 is 2.53 bits per heavy atom. The van der Waals surface area contributed by atoms with Crippen molar-refractivity contribution in [2.75, 3.05) is 0 Å². The number of amides is 1. The number of nitrogens with two attached hydrogens (primary N) is 1.